The van der Waals surface area contributed by atoms with Crippen molar-refractivity contribution >= 4 is 5.91 Å². The van der Waals surface area contributed by atoms with Gasteiger partial charge >= 0.3 is 0 Å². The van der Waals surface area contributed by atoms with Gasteiger partial charge < -0.3 is 15.5 Å². The second-order valence-electron chi connectivity index (χ2n) is 6.96. The van der Waals surface area contributed by atoms with Crippen LogP contribution in [0.2, 0.25) is 0 Å². The largest absolute Gasteiger partial charge is 0.340 e. The molecule has 4 heteroatoms. The number of nitrogens with two attached hydrogens (primary N) is 1. The van der Waals surface area contributed by atoms with Gasteiger partial charge in [0, 0.05) is 38.1 Å². The molecular weight excluding hydrogens is 250 g/mol. The summed E-state index contributed by atoms with van der Waals surface area (Å²) in [6.45, 7) is 7.23. The molecule has 3 aliphatic rings. The van der Waals surface area contributed by atoms with E-state index in [1.165, 1.54) is 19.3 Å². The maximum atomic E-state index is 12.8. The summed E-state index contributed by atoms with van der Waals surface area (Å²) < 4.78 is 0. The molecule has 0 aromatic rings. The van der Waals surface area contributed by atoms with Crippen LogP contribution in [0.4, 0.5) is 0 Å². The zero-order valence-corrected chi connectivity index (χ0v) is 12.8. The summed E-state index contributed by atoms with van der Waals surface area (Å²) in [5.74, 6) is 1.89. The zero-order chi connectivity index (χ0) is 14.1. The first-order valence-corrected chi connectivity index (χ1v) is 8.45. The quantitative estimate of drug-likeness (QED) is 0.829. The Morgan fingerprint density at radius 2 is 1.70 bits per heavy atom. The second-order valence-corrected chi connectivity index (χ2v) is 6.96. The molecule has 3 fully saturated rings. The fourth-order valence-electron chi connectivity index (χ4n) is 4.53. The molecule has 0 spiro atoms. The number of rotatable bonds is 2. The third-order valence-electron chi connectivity index (χ3n) is 5.89. The summed E-state index contributed by atoms with van der Waals surface area (Å²) in [6.07, 6.45) is 5.89. The van der Waals surface area contributed by atoms with Gasteiger partial charge in [0.25, 0.3) is 0 Å². The van der Waals surface area contributed by atoms with Crippen molar-refractivity contribution in [2.24, 2.45) is 23.5 Å². The van der Waals surface area contributed by atoms with Gasteiger partial charge in [0.15, 0.2) is 0 Å². The van der Waals surface area contributed by atoms with E-state index < -0.39 is 0 Å². The van der Waals surface area contributed by atoms with Crippen LogP contribution >= 0.6 is 0 Å². The predicted octanol–water partition coefficient (Wildman–Crippen LogP) is 1.30. The van der Waals surface area contributed by atoms with E-state index in [9.17, 15) is 4.79 Å². The summed E-state index contributed by atoms with van der Waals surface area (Å²) in [7, 11) is 0. The molecule has 2 atom stereocenters. The number of hydrogen-bond donors (Lipinski definition) is 1. The lowest BCUT2D eigenvalue weighted by atomic mass is 9.65. The van der Waals surface area contributed by atoms with E-state index in [0.717, 1.165) is 45.6 Å². The first kappa shape index (κ1) is 14.3. The Balaban J connectivity index is 1.58. The number of carbonyl (C=O) groups is 1. The average Bonchev–Trinajstić information content (AvgIpc) is 2.46. The van der Waals surface area contributed by atoms with Crippen LogP contribution in [-0.2, 0) is 4.79 Å². The molecule has 0 aromatic carbocycles. The van der Waals surface area contributed by atoms with E-state index >= 15 is 0 Å². The number of nitrogens with zero attached hydrogens (tertiary/aromatic N) is 2. The van der Waals surface area contributed by atoms with E-state index in [1.54, 1.807) is 0 Å². The summed E-state index contributed by atoms with van der Waals surface area (Å²) in [6, 6.07) is 0.365. The van der Waals surface area contributed by atoms with Gasteiger partial charge in [-0.25, -0.2) is 0 Å². The van der Waals surface area contributed by atoms with Gasteiger partial charge in [0.05, 0.1) is 0 Å². The van der Waals surface area contributed by atoms with Crippen molar-refractivity contribution in [3.63, 3.8) is 0 Å². The highest BCUT2D eigenvalue weighted by atomic mass is 16.2. The highest BCUT2D eigenvalue weighted by Crippen LogP contribution is 2.42. The number of likely N-dealkylation sites (N-methyl/N-ethyl adjacent to an activating group) is 1. The Kier molecular flexibility index (Phi) is 4.32. The summed E-state index contributed by atoms with van der Waals surface area (Å²) in [5.41, 5.74) is 6.33. The van der Waals surface area contributed by atoms with Gasteiger partial charge in [0.1, 0.15) is 0 Å². The Bertz CT molecular complexity index is 338. The van der Waals surface area contributed by atoms with Crippen molar-refractivity contribution in [3.8, 4) is 0 Å². The number of amides is 1. The van der Waals surface area contributed by atoms with Crippen LogP contribution in [0.1, 0.15) is 39.0 Å². The van der Waals surface area contributed by atoms with E-state index in [4.69, 9.17) is 5.73 Å². The zero-order valence-electron chi connectivity index (χ0n) is 12.8. The maximum Gasteiger partial charge on any atom is 0.225 e. The third kappa shape index (κ3) is 2.73. The minimum atomic E-state index is 0.262. The molecule has 2 N–H and O–H groups in total. The van der Waals surface area contributed by atoms with Crippen molar-refractivity contribution in [2.45, 2.75) is 45.1 Å². The van der Waals surface area contributed by atoms with Crippen molar-refractivity contribution in [1.82, 2.24) is 9.80 Å². The molecule has 1 heterocycles. The standard InChI is InChI=1S/C16H29N3O/c1-2-18-6-8-19(9-7-18)16(20)14-10-12-4-3-5-13(11-14)15(12)17/h12-15H,2-11,17H2,1H3. The number of fused-ring (bicyclic) bond motifs is 2. The van der Waals surface area contributed by atoms with Crippen molar-refractivity contribution in [3.05, 3.63) is 0 Å². The minimum Gasteiger partial charge on any atom is -0.340 e. The summed E-state index contributed by atoms with van der Waals surface area (Å²) in [5, 5.41) is 0. The number of piperazine rings is 1. The molecule has 0 aromatic heterocycles. The Hall–Kier alpha value is -0.610. The third-order valence-corrected chi connectivity index (χ3v) is 5.89. The molecule has 2 saturated carbocycles. The smallest absolute Gasteiger partial charge is 0.225 e. The highest BCUT2D eigenvalue weighted by molar-refractivity contribution is 5.79. The Morgan fingerprint density at radius 3 is 2.25 bits per heavy atom. The van der Waals surface area contributed by atoms with Gasteiger partial charge in [-0.3, -0.25) is 4.79 Å². The first-order valence-electron chi connectivity index (χ1n) is 8.45. The summed E-state index contributed by atoms with van der Waals surface area (Å²) >= 11 is 0. The lowest BCUT2D eigenvalue weighted by molar-refractivity contribution is -0.140. The topological polar surface area (TPSA) is 49.6 Å². The Morgan fingerprint density at radius 1 is 1.10 bits per heavy atom. The van der Waals surface area contributed by atoms with Crippen LogP contribution in [0.3, 0.4) is 0 Å². The number of hydrogen-bond acceptors (Lipinski definition) is 3. The van der Waals surface area contributed by atoms with E-state index in [-0.39, 0.29) is 5.92 Å². The molecule has 0 radical (unpaired) electrons. The molecular formula is C16H29N3O. The van der Waals surface area contributed by atoms with E-state index in [1.807, 2.05) is 0 Å². The minimum absolute atomic E-state index is 0.262. The Labute approximate surface area is 122 Å². The molecule has 2 aliphatic carbocycles. The van der Waals surface area contributed by atoms with Gasteiger partial charge in [-0.05, 0) is 44.1 Å². The normalized spacial score (nSPS) is 38.8. The van der Waals surface area contributed by atoms with Crippen LogP contribution in [0.15, 0.2) is 0 Å². The molecule has 2 unspecified atom stereocenters. The van der Waals surface area contributed by atoms with Crippen molar-refractivity contribution in [2.75, 3.05) is 32.7 Å². The predicted molar refractivity (Wildman–Crippen MR) is 80.2 cm³/mol. The fraction of sp³-hybridized carbons (Fsp3) is 0.938. The lowest BCUT2D eigenvalue weighted by Gasteiger charge is -2.45. The molecule has 2 bridgehead atoms. The highest BCUT2D eigenvalue weighted by Gasteiger charge is 2.41. The molecule has 1 saturated heterocycles. The van der Waals surface area contributed by atoms with Gasteiger partial charge in [-0.2, -0.15) is 0 Å². The molecule has 114 valence electrons. The average molecular weight is 279 g/mol. The van der Waals surface area contributed by atoms with Crippen LogP contribution < -0.4 is 5.73 Å². The molecule has 1 aliphatic heterocycles. The van der Waals surface area contributed by atoms with Crippen molar-refractivity contribution < 1.29 is 4.79 Å². The monoisotopic (exact) mass is 279 g/mol. The lowest BCUT2D eigenvalue weighted by Crippen LogP contribution is -2.53. The molecule has 4 nitrogen and oxygen atoms in total. The second kappa shape index (κ2) is 6.02. The van der Waals surface area contributed by atoms with Crippen molar-refractivity contribution in [1.29, 1.82) is 0 Å². The molecule has 1 amide bonds. The van der Waals surface area contributed by atoms with Crippen LogP contribution in [0.25, 0.3) is 0 Å². The van der Waals surface area contributed by atoms with Crippen LogP contribution in [0.5, 0.6) is 0 Å². The van der Waals surface area contributed by atoms with Crippen LogP contribution in [0, 0.1) is 17.8 Å². The van der Waals surface area contributed by atoms with Crippen LogP contribution in [-0.4, -0.2) is 54.5 Å². The van der Waals surface area contributed by atoms with E-state index in [2.05, 4.69) is 16.7 Å². The number of carbonyl (C=O) groups excluding carboxylic acids is 1. The van der Waals surface area contributed by atoms with Gasteiger partial charge in [0.2, 0.25) is 5.91 Å². The molecule has 20 heavy (non-hydrogen) atoms. The summed E-state index contributed by atoms with van der Waals surface area (Å²) in [4.78, 5) is 17.3. The maximum absolute atomic E-state index is 12.8. The first-order chi connectivity index (χ1) is 9.69. The fourth-order valence-corrected chi connectivity index (χ4v) is 4.53. The van der Waals surface area contributed by atoms with Gasteiger partial charge in [-0.1, -0.05) is 13.3 Å². The SMILES string of the molecule is CCN1CCN(C(=O)C2CC3CCCC(C2)C3N)CC1. The van der Waals surface area contributed by atoms with Gasteiger partial charge in [-0.15, -0.1) is 0 Å². The van der Waals surface area contributed by atoms with E-state index in [0.29, 0.717) is 23.8 Å². The molecule has 3 rings (SSSR count).